The zero-order chi connectivity index (χ0) is 20.9. The molecule has 0 radical (unpaired) electrons. The molecular formula is C22H19ClN4OS2. The molecule has 8 heteroatoms. The standard InChI is InChI=1S/C22H19ClN4OS2/c1-15-7-9-18(10-8-15)27-20(13-19-6-3-11-29-19)25-26-22(27)30-14-21(28)24-17-5-2-4-16(23)12-17/h2-12H,13-14H2,1H3,(H,24,28). The van der Waals surface area contributed by atoms with E-state index in [1.165, 1.54) is 22.2 Å². The van der Waals surface area contributed by atoms with E-state index >= 15 is 0 Å². The van der Waals surface area contributed by atoms with Crippen LogP contribution < -0.4 is 5.32 Å². The number of amides is 1. The molecule has 0 fully saturated rings. The van der Waals surface area contributed by atoms with Crippen molar-refractivity contribution in [1.82, 2.24) is 14.8 Å². The van der Waals surface area contributed by atoms with Crippen LogP contribution >= 0.6 is 34.7 Å². The van der Waals surface area contributed by atoms with Gasteiger partial charge in [0.2, 0.25) is 5.91 Å². The Labute approximate surface area is 188 Å². The van der Waals surface area contributed by atoms with Crippen molar-refractivity contribution in [2.75, 3.05) is 11.1 Å². The molecule has 2 aromatic heterocycles. The first-order chi connectivity index (χ1) is 14.6. The van der Waals surface area contributed by atoms with E-state index in [1.807, 2.05) is 28.8 Å². The number of aryl methyl sites for hydroxylation is 1. The Morgan fingerprint density at radius 3 is 2.70 bits per heavy atom. The second-order valence-corrected chi connectivity index (χ2v) is 9.08. The number of aromatic nitrogens is 3. The summed E-state index contributed by atoms with van der Waals surface area (Å²) < 4.78 is 2.02. The van der Waals surface area contributed by atoms with Gasteiger partial charge in [-0.2, -0.15) is 0 Å². The number of nitrogens with one attached hydrogen (secondary N) is 1. The molecule has 0 aliphatic rings. The highest BCUT2D eigenvalue weighted by molar-refractivity contribution is 7.99. The van der Waals surface area contributed by atoms with Gasteiger partial charge in [-0.1, -0.05) is 53.2 Å². The number of halogens is 1. The van der Waals surface area contributed by atoms with Crippen LogP contribution in [0.5, 0.6) is 0 Å². The molecule has 2 heterocycles. The predicted molar refractivity (Wildman–Crippen MR) is 124 cm³/mol. The van der Waals surface area contributed by atoms with Crippen LogP contribution in [-0.4, -0.2) is 26.4 Å². The van der Waals surface area contributed by atoms with Crippen molar-refractivity contribution in [3.63, 3.8) is 0 Å². The molecular weight excluding hydrogens is 436 g/mol. The van der Waals surface area contributed by atoms with Crippen molar-refractivity contribution in [3.8, 4) is 5.69 Å². The zero-order valence-corrected chi connectivity index (χ0v) is 18.6. The Balaban J connectivity index is 1.54. The Kier molecular flexibility index (Phi) is 6.52. The minimum Gasteiger partial charge on any atom is -0.325 e. The second kappa shape index (κ2) is 9.47. The SMILES string of the molecule is Cc1ccc(-n2c(Cc3cccs3)nnc2SCC(=O)Nc2cccc(Cl)c2)cc1. The number of thioether (sulfide) groups is 1. The third kappa shape index (κ3) is 5.11. The van der Waals surface area contributed by atoms with E-state index in [0.717, 1.165) is 11.5 Å². The van der Waals surface area contributed by atoms with Gasteiger partial charge in [-0.3, -0.25) is 9.36 Å². The predicted octanol–water partition coefficient (Wildman–Crippen LogP) is 5.61. The molecule has 0 spiro atoms. The first kappa shape index (κ1) is 20.7. The highest BCUT2D eigenvalue weighted by Crippen LogP contribution is 2.25. The number of hydrogen-bond acceptors (Lipinski definition) is 5. The van der Waals surface area contributed by atoms with Crippen LogP contribution in [0.25, 0.3) is 5.69 Å². The molecule has 4 rings (SSSR count). The molecule has 0 bridgehead atoms. The fourth-order valence-electron chi connectivity index (χ4n) is 2.92. The number of hydrogen-bond donors (Lipinski definition) is 1. The number of carbonyl (C=O) groups excluding carboxylic acids is 1. The second-order valence-electron chi connectivity index (χ2n) is 6.67. The summed E-state index contributed by atoms with van der Waals surface area (Å²) in [6.07, 6.45) is 0.688. The molecule has 1 N–H and O–H groups in total. The number of anilines is 1. The van der Waals surface area contributed by atoms with E-state index in [-0.39, 0.29) is 11.7 Å². The molecule has 1 amide bonds. The van der Waals surface area contributed by atoms with Crippen LogP contribution in [0.1, 0.15) is 16.3 Å². The summed E-state index contributed by atoms with van der Waals surface area (Å²) in [7, 11) is 0. The Morgan fingerprint density at radius 2 is 1.97 bits per heavy atom. The van der Waals surface area contributed by atoms with Crippen LogP contribution in [0, 0.1) is 6.92 Å². The summed E-state index contributed by atoms with van der Waals surface area (Å²) in [5, 5.41) is 15.0. The summed E-state index contributed by atoms with van der Waals surface area (Å²) in [5.74, 6) is 0.940. The summed E-state index contributed by atoms with van der Waals surface area (Å²) in [4.78, 5) is 13.6. The smallest absolute Gasteiger partial charge is 0.234 e. The summed E-state index contributed by atoms with van der Waals surface area (Å²) in [6, 6.07) is 19.4. The molecule has 30 heavy (non-hydrogen) atoms. The van der Waals surface area contributed by atoms with Gasteiger partial charge in [0.25, 0.3) is 0 Å². The van der Waals surface area contributed by atoms with Gasteiger partial charge in [0.15, 0.2) is 5.16 Å². The molecule has 5 nitrogen and oxygen atoms in total. The highest BCUT2D eigenvalue weighted by Gasteiger charge is 2.17. The Bertz CT molecular complexity index is 1140. The minimum absolute atomic E-state index is 0.125. The third-order valence-electron chi connectivity index (χ3n) is 4.35. The molecule has 0 aliphatic heterocycles. The van der Waals surface area contributed by atoms with Crippen molar-refractivity contribution in [2.45, 2.75) is 18.5 Å². The molecule has 0 saturated carbocycles. The molecule has 4 aromatic rings. The van der Waals surface area contributed by atoms with Gasteiger partial charge in [-0.05, 0) is 48.7 Å². The number of thiophene rings is 1. The van der Waals surface area contributed by atoms with Crippen molar-refractivity contribution in [3.05, 3.63) is 87.3 Å². The maximum Gasteiger partial charge on any atom is 0.234 e. The number of nitrogens with zero attached hydrogens (tertiary/aromatic N) is 3. The normalized spacial score (nSPS) is 10.9. The summed E-state index contributed by atoms with van der Waals surface area (Å²) in [6.45, 7) is 2.05. The molecule has 0 unspecified atom stereocenters. The van der Waals surface area contributed by atoms with Crippen LogP contribution in [0.3, 0.4) is 0 Å². The van der Waals surface area contributed by atoms with Gasteiger partial charge in [0.1, 0.15) is 5.82 Å². The molecule has 0 saturated heterocycles. The van der Waals surface area contributed by atoms with E-state index in [0.29, 0.717) is 22.3 Å². The first-order valence-corrected chi connectivity index (χ1v) is 11.5. The summed E-state index contributed by atoms with van der Waals surface area (Å²) in [5.41, 5.74) is 2.84. The van der Waals surface area contributed by atoms with Crippen LogP contribution in [0.2, 0.25) is 5.02 Å². The molecule has 2 aromatic carbocycles. The van der Waals surface area contributed by atoms with E-state index in [2.05, 4.69) is 46.0 Å². The fourth-order valence-corrected chi connectivity index (χ4v) is 4.59. The number of rotatable bonds is 7. The molecule has 152 valence electrons. The zero-order valence-electron chi connectivity index (χ0n) is 16.2. The van der Waals surface area contributed by atoms with Gasteiger partial charge in [0, 0.05) is 27.7 Å². The monoisotopic (exact) mass is 454 g/mol. The van der Waals surface area contributed by atoms with Crippen LogP contribution in [-0.2, 0) is 11.2 Å². The van der Waals surface area contributed by atoms with Crippen molar-refractivity contribution in [2.24, 2.45) is 0 Å². The number of benzene rings is 2. The molecule has 0 atom stereocenters. The van der Waals surface area contributed by atoms with Gasteiger partial charge in [0.05, 0.1) is 5.75 Å². The van der Waals surface area contributed by atoms with Gasteiger partial charge >= 0.3 is 0 Å². The van der Waals surface area contributed by atoms with E-state index in [1.54, 1.807) is 29.5 Å². The lowest BCUT2D eigenvalue weighted by atomic mass is 10.2. The van der Waals surface area contributed by atoms with Crippen LogP contribution in [0.4, 0.5) is 5.69 Å². The van der Waals surface area contributed by atoms with E-state index in [9.17, 15) is 4.79 Å². The molecule has 0 aliphatic carbocycles. The third-order valence-corrected chi connectivity index (χ3v) is 6.39. The largest absolute Gasteiger partial charge is 0.325 e. The Morgan fingerprint density at radius 1 is 1.13 bits per heavy atom. The maximum absolute atomic E-state index is 12.4. The average molecular weight is 455 g/mol. The van der Waals surface area contributed by atoms with Crippen molar-refractivity contribution >= 4 is 46.3 Å². The fraction of sp³-hybridized carbons (Fsp3) is 0.136. The quantitative estimate of drug-likeness (QED) is 0.368. The van der Waals surface area contributed by atoms with E-state index in [4.69, 9.17) is 11.6 Å². The minimum atomic E-state index is -0.125. The maximum atomic E-state index is 12.4. The van der Waals surface area contributed by atoms with Gasteiger partial charge in [-0.25, -0.2) is 0 Å². The summed E-state index contributed by atoms with van der Waals surface area (Å²) >= 11 is 9.03. The Hall–Kier alpha value is -2.61. The first-order valence-electron chi connectivity index (χ1n) is 9.30. The van der Waals surface area contributed by atoms with Gasteiger partial charge in [-0.15, -0.1) is 21.5 Å². The lowest BCUT2D eigenvalue weighted by Gasteiger charge is -2.10. The van der Waals surface area contributed by atoms with Crippen molar-refractivity contribution < 1.29 is 4.79 Å². The number of carbonyl (C=O) groups is 1. The van der Waals surface area contributed by atoms with Crippen molar-refractivity contribution in [1.29, 1.82) is 0 Å². The average Bonchev–Trinajstić information content (AvgIpc) is 3.37. The lowest BCUT2D eigenvalue weighted by molar-refractivity contribution is -0.113. The highest BCUT2D eigenvalue weighted by atomic mass is 35.5. The topological polar surface area (TPSA) is 59.8 Å². The lowest BCUT2D eigenvalue weighted by Crippen LogP contribution is -2.14. The van der Waals surface area contributed by atoms with E-state index < -0.39 is 0 Å². The van der Waals surface area contributed by atoms with Gasteiger partial charge < -0.3 is 5.32 Å². The van der Waals surface area contributed by atoms with Crippen LogP contribution in [0.15, 0.2) is 71.2 Å².